The van der Waals surface area contributed by atoms with Gasteiger partial charge in [-0.25, -0.2) is 0 Å². The minimum atomic E-state index is -0.212. The number of esters is 1. The molecule has 0 radical (unpaired) electrons. The minimum Gasteiger partial charge on any atom is -0.457 e. The SMILES string of the molecule is CCC(I)C(=O)OC1(C(C)(C)C)C2CC3CC(C2)CC1C3. The van der Waals surface area contributed by atoms with E-state index >= 15 is 0 Å². The fourth-order valence-corrected chi connectivity index (χ4v) is 5.95. The molecule has 21 heavy (non-hydrogen) atoms. The standard InChI is InChI=1S/C18H29IO2/c1-5-15(19)16(20)21-18(17(2,3)4)13-7-11-6-12(9-13)10-14(18)8-11/h11-15H,5-10H2,1-4H3. The molecule has 1 atom stereocenters. The lowest BCUT2D eigenvalue weighted by Gasteiger charge is -2.64. The largest absolute Gasteiger partial charge is 0.457 e. The Balaban J connectivity index is 1.93. The highest BCUT2D eigenvalue weighted by Crippen LogP contribution is 2.64. The third-order valence-corrected chi connectivity index (χ3v) is 7.80. The average Bonchev–Trinajstić information content (AvgIpc) is 2.39. The Hall–Kier alpha value is 0.200. The quantitative estimate of drug-likeness (QED) is 0.377. The molecule has 4 rings (SSSR count). The number of carbonyl (C=O) groups is 1. The molecule has 2 nitrogen and oxygen atoms in total. The van der Waals surface area contributed by atoms with Crippen LogP contribution in [0.3, 0.4) is 0 Å². The van der Waals surface area contributed by atoms with E-state index in [4.69, 9.17) is 4.74 Å². The molecule has 0 aliphatic heterocycles. The molecule has 0 aromatic rings. The van der Waals surface area contributed by atoms with Crippen molar-refractivity contribution in [2.75, 3.05) is 0 Å². The van der Waals surface area contributed by atoms with E-state index in [2.05, 4.69) is 50.3 Å². The summed E-state index contributed by atoms with van der Waals surface area (Å²) in [5.41, 5.74) is -0.175. The summed E-state index contributed by atoms with van der Waals surface area (Å²) in [4.78, 5) is 12.6. The summed E-state index contributed by atoms with van der Waals surface area (Å²) < 4.78 is 6.38. The zero-order valence-electron chi connectivity index (χ0n) is 13.8. The van der Waals surface area contributed by atoms with E-state index in [0.717, 1.165) is 18.3 Å². The van der Waals surface area contributed by atoms with Crippen molar-refractivity contribution in [2.45, 2.75) is 75.7 Å². The zero-order chi connectivity index (χ0) is 15.4. The average molecular weight is 404 g/mol. The van der Waals surface area contributed by atoms with Crippen molar-refractivity contribution in [1.82, 2.24) is 0 Å². The molecule has 4 aliphatic rings. The molecule has 0 spiro atoms. The summed E-state index contributed by atoms with van der Waals surface area (Å²) in [6.45, 7) is 8.93. The molecule has 0 N–H and O–H groups in total. The summed E-state index contributed by atoms with van der Waals surface area (Å²) >= 11 is 2.25. The third-order valence-electron chi connectivity index (χ3n) is 6.41. The fourth-order valence-electron chi connectivity index (χ4n) is 5.83. The van der Waals surface area contributed by atoms with Crippen LogP contribution in [-0.4, -0.2) is 15.5 Å². The van der Waals surface area contributed by atoms with Gasteiger partial charge in [-0.2, -0.15) is 0 Å². The molecule has 1 unspecified atom stereocenters. The molecule has 4 bridgehead atoms. The van der Waals surface area contributed by atoms with Gasteiger partial charge in [-0.1, -0.05) is 50.3 Å². The lowest BCUT2D eigenvalue weighted by molar-refractivity contribution is -0.244. The Morgan fingerprint density at radius 1 is 1.14 bits per heavy atom. The van der Waals surface area contributed by atoms with Gasteiger partial charge >= 0.3 is 5.97 Å². The molecule has 0 aromatic heterocycles. The van der Waals surface area contributed by atoms with Gasteiger partial charge in [0.15, 0.2) is 0 Å². The summed E-state index contributed by atoms with van der Waals surface area (Å²) in [6.07, 6.45) is 7.45. The highest BCUT2D eigenvalue weighted by Gasteiger charge is 2.64. The van der Waals surface area contributed by atoms with Gasteiger partial charge in [0.2, 0.25) is 0 Å². The van der Waals surface area contributed by atoms with Gasteiger partial charge in [0.25, 0.3) is 0 Å². The van der Waals surface area contributed by atoms with Crippen LogP contribution in [0.5, 0.6) is 0 Å². The van der Waals surface area contributed by atoms with Crippen LogP contribution in [0.15, 0.2) is 0 Å². The second-order valence-electron chi connectivity index (χ2n) is 8.64. The van der Waals surface area contributed by atoms with Crippen LogP contribution in [0.1, 0.15) is 66.2 Å². The third kappa shape index (κ3) is 2.46. The van der Waals surface area contributed by atoms with E-state index in [0.29, 0.717) is 11.8 Å². The smallest absolute Gasteiger partial charge is 0.319 e. The minimum absolute atomic E-state index is 0.000914. The van der Waals surface area contributed by atoms with Crippen LogP contribution >= 0.6 is 22.6 Å². The number of rotatable bonds is 3. The van der Waals surface area contributed by atoms with Crippen molar-refractivity contribution < 1.29 is 9.53 Å². The molecule has 120 valence electrons. The molecule has 3 heteroatoms. The van der Waals surface area contributed by atoms with E-state index < -0.39 is 0 Å². The summed E-state index contributed by atoms with van der Waals surface area (Å²) in [7, 11) is 0. The van der Waals surface area contributed by atoms with Crippen LogP contribution in [0.25, 0.3) is 0 Å². The Morgan fingerprint density at radius 3 is 2.00 bits per heavy atom. The fraction of sp³-hybridized carbons (Fsp3) is 0.944. The molecule has 0 heterocycles. The van der Waals surface area contributed by atoms with Gasteiger partial charge in [0.1, 0.15) is 9.53 Å². The summed E-state index contributed by atoms with van der Waals surface area (Å²) in [5, 5.41) is 0. The lowest BCUT2D eigenvalue weighted by Crippen LogP contribution is -2.65. The molecular weight excluding hydrogens is 375 g/mol. The Labute approximate surface area is 142 Å². The van der Waals surface area contributed by atoms with E-state index in [1.807, 2.05) is 0 Å². The van der Waals surface area contributed by atoms with Gasteiger partial charge in [0, 0.05) is 17.3 Å². The Kier molecular flexibility index (Phi) is 4.12. The first-order valence-corrected chi connectivity index (χ1v) is 9.89. The Bertz CT molecular complexity index is 395. The molecule has 0 saturated heterocycles. The van der Waals surface area contributed by atoms with Crippen molar-refractivity contribution in [2.24, 2.45) is 29.1 Å². The van der Waals surface area contributed by atoms with Crippen LogP contribution in [0.2, 0.25) is 0 Å². The number of ether oxygens (including phenoxy) is 1. The molecule has 4 aliphatic carbocycles. The van der Waals surface area contributed by atoms with Gasteiger partial charge in [-0.05, 0) is 50.4 Å². The van der Waals surface area contributed by atoms with Gasteiger partial charge in [-0.3, -0.25) is 4.79 Å². The van der Waals surface area contributed by atoms with Gasteiger partial charge in [0.05, 0.1) is 0 Å². The summed E-state index contributed by atoms with van der Waals surface area (Å²) in [6, 6.07) is 0. The van der Waals surface area contributed by atoms with E-state index in [9.17, 15) is 4.79 Å². The number of alkyl halides is 1. The second kappa shape index (κ2) is 5.38. The first kappa shape index (κ1) is 16.1. The maximum absolute atomic E-state index is 12.6. The number of hydrogen-bond acceptors (Lipinski definition) is 2. The van der Waals surface area contributed by atoms with Crippen LogP contribution in [0.4, 0.5) is 0 Å². The van der Waals surface area contributed by atoms with E-state index in [1.54, 1.807) is 0 Å². The topological polar surface area (TPSA) is 26.3 Å². The van der Waals surface area contributed by atoms with Crippen molar-refractivity contribution in [3.63, 3.8) is 0 Å². The van der Waals surface area contributed by atoms with E-state index in [1.165, 1.54) is 32.1 Å². The van der Waals surface area contributed by atoms with Crippen molar-refractivity contribution in [3.05, 3.63) is 0 Å². The monoisotopic (exact) mass is 404 g/mol. The Morgan fingerprint density at radius 2 is 1.62 bits per heavy atom. The number of carbonyl (C=O) groups excluding carboxylic acids is 1. The zero-order valence-corrected chi connectivity index (χ0v) is 16.0. The number of halogens is 1. The van der Waals surface area contributed by atoms with Gasteiger partial charge in [-0.15, -0.1) is 0 Å². The van der Waals surface area contributed by atoms with Crippen LogP contribution < -0.4 is 0 Å². The maximum atomic E-state index is 12.6. The van der Waals surface area contributed by atoms with Crippen LogP contribution in [0, 0.1) is 29.1 Å². The van der Waals surface area contributed by atoms with Crippen LogP contribution in [-0.2, 0) is 9.53 Å². The van der Waals surface area contributed by atoms with Gasteiger partial charge < -0.3 is 4.74 Å². The first-order valence-electron chi connectivity index (χ1n) is 8.64. The molecule has 0 aromatic carbocycles. The maximum Gasteiger partial charge on any atom is 0.319 e. The summed E-state index contributed by atoms with van der Waals surface area (Å²) in [5.74, 6) is 3.03. The molecule has 0 amide bonds. The van der Waals surface area contributed by atoms with Crippen molar-refractivity contribution >= 4 is 28.6 Å². The molecule has 4 saturated carbocycles. The highest BCUT2D eigenvalue weighted by molar-refractivity contribution is 14.1. The molecular formula is C18H29IO2. The normalized spacial score (nSPS) is 42.9. The first-order chi connectivity index (χ1) is 9.78. The van der Waals surface area contributed by atoms with Crippen molar-refractivity contribution in [1.29, 1.82) is 0 Å². The second-order valence-corrected chi connectivity index (χ2v) is 10.1. The predicted octanol–water partition coefficient (Wildman–Crippen LogP) is 4.98. The van der Waals surface area contributed by atoms with Crippen molar-refractivity contribution in [3.8, 4) is 0 Å². The highest BCUT2D eigenvalue weighted by atomic mass is 127. The number of hydrogen-bond donors (Lipinski definition) is 0. The predicted molar refractivity (Wildman–Crippen MR) is 93.4 cm³/mol. The molecule has 4 fully saturated rings. The van der Waals surface area contributed by atoms with E-state index in [-0.39, 0.29) is 20.9 Å². The lowest BCUT2D eigenvalue weighted by atomic mass is 9.45.